The van der Waals surface area contributed by atoms with Gasteiger partial charge in [-0.05, 0) is 33.6 Å². The number of hydrogen-bond donors (Lipinski definition) is 1. The van der Waals surface area contributed by atoms with Gasteiger partial charge >= 0.3 is 0 Å². The molecule has 0 atom stereocenters. The van der Waals surface area contributed by atoms with Crippen molar-refractivity contribution in [1.29, 1.82) is 0 Å². The Labute approximate surface area is 93.5 Å². The van der Waals surface area contributed by atoms with Gasteiger partial charge in [0.2, 0.25) is 5.91 Å². The number of rotatable bonds is 6. The third-order valence-corrected chi connectivity index (χ3v) is 2.16. The van der Waals surface area contributed by atoms with Crippen LogP contribution in [0.4, 0.5) is 0 Å². The fourth-order valence-electron chi connectivity index (χ4n) is 1.15. The maximum atomic E-state index is 10.9. The maximum Gasteiger partial charge on any atom is 0.219 e. The molecule has 0 bridgehead atoms. The molecule has 0 radical (unpaired) electrons. The Morgan fingerprint density at radius 1 is 1.20 bits per heavy atom. The number of hydrogen-bond acceptors (Lipinski definition) is 1. The first-order valence-electron chi connectivity index (χ1n) is 5.62. The van der Waals surface area contributed by atoms with E-state index in [1.54, 1.807) is 0 Å². The van der Waals surface area contributed by atoms with Gasteiger partial charge in [0.1, 0.15) is 0 Å². The number of allylic oxidation sites excluding steroid dienone is 3. The van der Waals surface area contributed by atoms with Gasteiger partial charge in [-0.1, -0.05) is 30.2 Å². The van der Waals surface area contributed by atoms with Crippen molar-refractivity contribution in [2.24, 2.45) is 0 Å². The molecule has 0 aliphatic heterocycles. The lowest BCUT2D eigenvalue weighted by Crippen LogP contribution is -2.22. The van der Waals surface area contributed by atoms with E-state index in [-0.39, 0.29) is 5.91 Å². The number of carbonyl (C=O) groups excluding carboxylic acids is 1. The second-order valence-electron chi connectivity index (χ2n) is 4.03. The van der Waals surface area contributed by atoms with Crippen molar-refractivity contribution < 1.29 is 4.79 Å². The molecule has 0 rings (SSSR count). The van der Waals surface area contributed by atoms with Crippen LogP contribution in [0.5, 0.6) is 0 Å². The van der Waals surface area contributed by atoms with Crippen LogP contribution < -0.4 is 5.32 Å². The largest absolute Gasteiger partial charge is 0.353 e. The van der Waals surface area contributed by atoms with Crippen LogP contribution in [0.2, 0.25) is 0 Å². The molecular formula is C13H23NO. The smallest absolute Gasteiger partial charge is 0.219 e. The summed E-state index contributed by atoms with van der Waals surface area (Å²) in [5.74, 6) is 0.114. The van der Waals surface area contributed by atoms with E-state index < -0.39 is 0 Å². The van der Waals surface area contributed by atoms with Gasteiger partial charge in [0.15, 0.2) is 0 Å². The molecular weight excluding hydrogens is 186 g/mol. The summed E-state index contributed by atoms with van der Waals surface area (Å²) < 4.78 is 0. The van der Waals surface area contributed by atoms with Gasteiger partial charge in [0, 0.05) is 13.0 Å². The van der Waals surface area contributed by atoms with E-state index in [1.807, 2.05) is 6.92 Å². The molecule has 0 aromatic rings. The summed E-state index contributed by atoms with van der Waals surface area (Å²) in [4.78, 5) is 10.9. The van der Waals surface area contributed by atoms with Crippen molar-refractivity contribution in [1.82, 2.24) is 5.32 Å². The Morgan fingerprint density at radius 2 is 1.87 bits per heavy atom. The molecule has 1 amide bonds. The molecule has 0 fully saturated rings. The maximum absolute atomic E-state index is 10.9. The topological polar surface area (TPSA) is 29.1 Å². The third-order valence-electron chi connectivity index (χ3n) is 2.16. The SMILES string of the molecule is CCC(=O)NC/C=C(/C)CCC=C(C)C. The van der Waals surface area contributed by atoms with Gasteiger partial charge in [-0.2, -0.15) is 0 Å². The van der Waals surface area contributed by atoms with Crippen molar-refractivity contribution in [3.8, 4) is 0 Å². The quantitative estimate of drug-likeness (QED) is 0.669. The summed E-state index contributed by atoms with van der Waals surface area (Å²) >= 11 is 0. The predicted molar refractivity (Wildman–Crippen MR) is 65.7 cm³/mol. The summed E-state index contributed by atoms with van der Waals surface area (Å²) in [6.45, 7) is 8.85. The van der Waals surface area contributed by atoms with Crippen LogP contribution >= 0.6 is 0 Å². The minimum absolute atomic E-state index is 0.114. The average molecular weight is 209 g/mol. The average Bonchev–Trinajstić information content (AvgIpc) is 2.17. The van der Waals surface area contributed by atoms with E-state index in [2.05, 4.69) is 38.2 Å². The highest BCUT2D eigenvalue weighted by Gasteiger charge is 1.93. The van der Waals surface area contributed by atoms with E-state index in [0.717, 1.165) is 12.8 Å². The summed E-state index contributed by atoms with van der Waals surface area (Å²) in [6.07, 6.45) is 7.05. The normalized spacial score (nSPS) is 11.1. The highest BCUT2D eigenvalue weighted by atomic mass is 16.1. The van der Waals surface area contributed by atoms with Gasteiger partial charge in [-0.3, -0.25) is 4.79 Å². The fourth-order valence-corrected chi connectivity index (χ4v) is 1.15. The van der Waals surface area contributed by atoms with Gasteiger partial charge < -0.3 is 5.32 Å². The third kappa shape index (κ3) is 9.26. The molecule has 0 saturated heterocycles. The highest BCUT2D eigenvalue weighted by Crippen LogP contribution is 2.05. The van der Waals surface area contributed by atoms with Crippen LogP contribution in [0.3, 0.4) is 0 Å². The lowest BCUT2D eigenvalue weighted by atomic mass is 10.1. The minimum atomic E-state index is 0.114. The summed E-state index contributed by atoms with van der Waals surface area (Å²) in [7, 11) is 0. The Bertz CT molecular complexity index is 247. The molecule has 0 heterocycles. The van der Waals surface area contributed by atoms with E-state index in [9.17, 15) is 4.79 Å². The van der Waals surface area contributed by atoms with Crippen molar-refractivity contribution in [3.05, 3.63) is 23.3 Å². The molecule has 0 unspecified atom stereocenters. The fraction of sp³-hybridized carbons (Fsp3) is 0.615. The molecule has 1 N–H and O–H groups in total. The van der Waals surface area contributed by atoms with Crippen LogP contribution in [0.25, 0.3) is 0 Å². The van der Waals surface area contributed by atoms with Crippen molar-refractivity contribution in [2.75, 3.05) is 6.54 Å². The molecule has 0 spiro atoms. The zero-order chi connectivity index (χ0) is 11.7. The second-order valence-corrected chi connectivity index (χ2v) is 4.03. The Kier molecular flexibility index (Phi) is 7.69. The van der Waals surface area contributed by atoms with Gasteiger partial charge in [-0.25, -0.2) is 0 Å². The number of carbonyl (C=O) groups is 1. The lowest BCUT2D eigenvalue weighted by molar-refractivity contribution is -0.120. The van der Waals surface area contributed by atoms with Crippen molar-refractivity contribution in [2.45, 2.75) is 47.0 Å². The lowest BCUT2D eigenvalue weighted by Gasteiger charge is -2.01. The summed E-state index contributed by atoms with van der Waals surface area (Å²) in [5.41, 5.74) is 2.70. The molecule has 0 aliphatic carbocycles. The highest BCUT2D eigenvalue weighted by molar-refractivity contribution is 5.75. The van der Waals surface area contributed by atoms with E-state index in [4.69, 9.17) is 0 Å². The van der Waals surface area contributed by atoms with Crippen LogP contribution in [-0.4, -0.2) is 12.5 Å². The van der Waals surface area contributed by atoms with E-state index >= 15 is 0 Å². The van der Waals surface area contributed by atoms with E-state index in [1.165, 1.54) is 11.1 Å². The molecule has 2 nitrogen and oxygen atoms in total. The first-order valence-corrected chi connectivity index (χ1v) is 5.62. The van der Waals surface area contributed by atoms with Crippen LogP contribution in [0.15, 0.2) is 23.3 Å². The zero-order valence-corrected chi connectivity index (χ0v) is 10.4. The Hall–Kier alpha value is -1.05. The summed E-state index contributed by atoms with van der Waals surface area (Å²) in [6, 6.07) is 0. The molecule has 0 aromatic heterocycles. The second kappa shape index (κ2) is 8.27. The number of nitrogens with one attached hydrogen (secondary N) is 1. The van der Waals surface area contributed by atoms with Crippen LogP contribution in [0.1, 0.15) is 47.0 Å². The Balaban J connectivity index is 3.70. The Morgan fingerprint density at radius 3 is 2.40 bits per heavy atom. The number of amides is 1. The molecule has 86 valence electrons. The van der Waals surface area contributed by atoms with Crippen LogP contribution in [-0.2, 0) is 4.79 Å². The molecule has 0 saturated carbocycles. The van der Waals surface area contributed by atoms with Crippen molar-refractivity contribution >= 4 is 5.91 Å². The van der Waals surface area contributed by atoms with Gasteiger partial charge in [-0.15, -0.1) is 0 Å². The predicted octanol–water partition coefficient (Wildman–Crippen LogP) is 3.21. The standard InChI is InChI=1S/C13H23NO/c1-5-13(15)14-10-9-12(4)8-6-7-11(2)3/h7,9H,5-6,8,10H2,1-4H3,(H,14,15)/b12-9-. The molecule has 2 heteroatoms. The molecule has 15 heavy (non-hydrogen) atoms. The van der Waals surface area contributed by atoms with Crippen molar-refractivity contribution in [3.63, 3.8) is 0 Å². The van der Waals surface area contributed by atoms with E-state index in [0.29, 0.717) is 13.0 Å². The van der Waals surface area contributed by atoms with Crippen LogP contribution in [0, 0.1) is 0 Å². The molecule has 0 aliphatic rings. The van der Waals surface area contributed by atoms with Gasteiger partial charge in [0.05, 0.1) is 0 Å². The summed E-state index contributed by atoms with van der Waals surface area (Å²) in [5, 5.41) is 2.83. The first kappa shape index (κ1) is 13.9. The zero-order valence-electron chi connectivity index (χ0n) is 10.4. The molecule has 0 aromatic carbocycles. The monoisotopic (exact) mass is 209 g/mol. The first-order chi connectivity index (χ1) is 7.06. The minimum Gasteiger partial charge on any atom is -0.353 e. The van der Waals surface area contributed by atoms with Gasteiger partial charge in [0.25, 0.3) is 0 Å².